The summed E-state index contributed by atoms with van der Waals surface area (Å²) in [5.41, 5.74) is 7.08. The lowest BCUT2D eigenvalue weighted by molar-refractivity contribution is -0.126. The molecule has 6 N–H and O–H groups in total. The number of rotatable bonds is 13. The van der Waals surface area contributed by atoms with E-state index in [-0.39, 0.29) is 23.3 Å². The van der Waals surface area contributed by atoms with Crippen molar-refractivity contribution in [3.05, 3.63) is 71.8 Å². The number of aromatic hydroxyl groups is 2. The van der Waals surface area contributed by atoms with Crippen molar-refractivity contribution in [2.75, 3.05) is 39.3 Å². The SMILES string of the molecule is NCCNCCCN(CCNC(=O)/C=C/c1ccc(O)cc1)C(=O)/C=C/c1ccc(O)cc1. The molecule has 0 saturated heterocycles. The van der Waals surface area contributed by atoms with E-state index in [0.29, 0.717) is 26.2 Å². The molecule has 0 heterocycles. The van der Waals surface area contributed by atoms with Gasteiger partial charge in [-0.15, -0.1) is 0 Å². The molecular weight excluding hydrogens is 420 g/mol. The zero-order valence-electron chi connectivity index (χ0n) is 18.6. The van der Waals surface area contributed by atoms with Gasteiger partial charge in [0.25, 0.3) is 0 Å². The number of phenolic OH excluding ortho intramolecular Hbond substituents is 2. The smallest absolute Gasteiger partial charge is 0.246 e. The van der Waals surface area contributed by atoms with Crippen molar-refractivity contribution in [1.82, 2.24) is 15.5 Å². The van der Waals surface area contributed by atoms with Gasteiger partial charge in [0, 0.05) is 44.9 Å². The van der Waals surface area contributed by atoms with Gasteiger partial charge in [-0.05, 0) is 60.5 Å². The molecule has 2 aromatic rings. The minimum atomic E-state index is -0.264. The number of carbonyl (C=O) groups is 2. The van der Waals surface area contributed by atoms with Crippen LogP contribution in [0.5, 0.6) is 11.5 Å². The quantitative estimate of drug-likeness (QED) is 0.233. The Morgan fingerprint density at radius 1 is 0.818 bits per heavy atom. The first-order valence-electron chi connectivity index (χ1n) is 10.9. The molecule has 0 unspecified atom stereocenters. The zero-order valence-corrected chi connectivity index (χ0v) is 18.6. The number of nitrogens with two attached hydrogens (primary N) is 1. The van der Waals surface area contributed by atoms with Crippen LogP contribution < -0.4 is 16.4 Å². The van der Waals surface area contributed by atoms with Gasteiger partial charge in [-0.1, -0.05) is 24.3 Å². The third kappa shape index (κ3) is 10.5. The van der Waals surface area contributed by atoms with E-state index in [2.05, 4.69) is 10.6 Å². The maximum Gasteiger partial charge on any atom is 0.246 e. The molecule has 0 aliphatic carbocycles. The first-order chi connectivity index (χ1) is 16.0. The van der Waals surface area contributed by atoms with E-state index in [1.165, 1.54) is 12.2 Å². The highest BCUT2D eigenvalue weighted by atomic mass is 16.3. The molecule has 8 nitrogen and oxygen atoms in total. The van der Waals surface area contributed by atoms with Gasteiger partial charge < -0.3 is 31.5 Å². The lowest BCUT2D eigenvalue weighted by atomic mass is 10.2. The van der Waals surface area contributed by atoms with Crippen molar-refractivity contribution >= 4 is 24.0 Å². The Kier molecular flexibility index (Phi) is 11.2. The molecule has 0 aliphatic heterocycles. The third-order valence-corrected chi connectivity index (χ3v) is 4.73. The van der Waals surface area contributed by atoms with Gasteiger partial charge in [0.1, 0.15) is 11.5 Å². The summed E-state index contributed by atoms with van der Waals surface area (Å²) >= 11 is 0. The van der Waals surface area contributed by atoms with Crippen molar-refractivity contribution in [3.63, 3.8) is 0 Å². The van der Waals surface area contributed by atoms with Gasteiger partial charge in [-0.3, -0.25) is 9.59 Å². The number of amides is 2. The van der Waals surface area contributed by atoms with Crippen molar-refractivity contribution < 1.29 is 19.8 Å². The fourth-order valence-corrected chi connectivity index (χ4v) is 2.94. The average molecular weight is 453 g/mol. The standard InChI is InChI=1S/C25H32N4O4/c26-14-16-27-15-1-18-29(25(33)13-7-21-4-10-23(31)11-5-21)19-17-28-24(32)12-6-20-2-8-22(30)9-3-20/h2-13,27,30-31H,1,14-19,26H2,(H,28,32)/b12-6+,13-7+. The van der Waals surface area contributed by atoms with Crippen LogP contribution in [0, 0.1) is 0 Å². The minimum Gasteiger partial charge on any atom is -0.508 e. The summed E-state index contributed by atoms with van der Waals surface area (Å²) in [6.45, 7) is 3.24. The van der Waals surface area contributed by atoms with E-state index in [1.807, 2.05) is 0 Å². The second-order valence-electron chi connectivity index (χ2n) is 7.36. The van der Waals surface area contributed by atoms with E-state index >= 15 is 0 Å². The predicted molar refractivity (Wildman–Crippen MR) is 130 cm³/mol. The second-order valence-corrected chi connectivity index (χ2v) is 7.36. The number of nitrogens with one attached hydrogen (secondary N) is 2. The molecule has 2 amide bonds. The van der Waals surface area contributed by atoms with Gasteiger partial charge in [0.05, 0.1) is 0 Å². The Balaban J connectivity index is 1.87. The number of hydrogen-bond acceptors (Lipinski definition) is 6. The van der Waals surface area contributed by atoms with Gasteiger partial charge in [-0.2, -0.15) is 0 Å². The van der Waals surface area contributed by atoms with Gasteiger partial charge >= 0.3 is 0 Å². The van der Waals surface area contributed by atoms with Crippen LogP contribution in [0.3, 0.4) is 0 Å². The average Bonchev–Trinajstić information content (AvgIpc) is 2.82. The normalized spacial score (nSPS) is 11.2. The lowest BCUT2D eigenvalue weighted by Gasteiger charge is -2.21. The van der Waals surface area contributed by atoms with Crippen LogP contribution in [0.4, 0.5) is 0 Å². The van der Waals surface area contributed by atoms with Crippen LogP contribution in [-0.2, 0) is 9.59 Å². The van der Waals surface area contributed by atoms with E-state index in [9.17, 15) is 19.8 Å². The van der Waals surface area contributed by atoms with Crippen LogP contribution in [0.15, 0.2) is 60.7 Å². The molecule has 2 rings (SSSR count). The summed E-state index contributed by atoms with van der Waals surface area (Å²) in [5.74, 6) is -0.0881. The molecule has 0 atom stereocenters. The first-order valence-corrected chi connectivity index (χ1v) is 10.9. The largest absolute Gasteiger partial charge is 0.508 e. The monoisotopic (exact) mass is 452 g/mol. The van der Waals surface area contributed by atoms with E-state index < -0.39 is 0 Å². The number of hydrogen-bond donors (Lipinski definition) is 5. The summed E-state index contributed by atoms with van der Waals surface area (Å²) in [4.78, 5) is 26.5. The highest BCUT2D eigenvalue weighted by Gasteiger charge is 2.10. The predicted octanol–water partition coefficient (Wildman–Crippen LogP) is 1.71. The molecular formula is C25H32N4O4. The van der Waals surface area contributed by atoms with E-state index in [1.54, 1.807) is 65.6 Å². The van der Waals surface area contributed by atoms with Crippen molar-refractivity contribution in [2.24, 2.45) is 5.73 Å². The van der Waals surface area contributed by atoms with Gasteiger partial charge in [0.15, 0.2) is 0 Å². The molecule has 0 bridgehead atoms. The van der Waals surface area contributed by atoms with E-state index in [4.69, 9.17) is 5.73 Å². The summed E-state index contributed by atoms with van der Waals surface area (Å²) in [7, 11) is 0. The van der Waals surface area contributed by atoms with Crippen LogP contribution in [-0.4, -0.2) is 66.2 Å². The number of nitrogens with zero attached hydrogens (tertiary/aromatic N) is 1. The minimum absolute atomic E-state index is 0.157. The Hall–Kier alpha value is -3.62. The maximum absolute atomic E-state index is 12.7. The highest BCUT2D eigenvalue weighted by molar-refractivity contribution is 5.92. The van der Waals surface area contributed by atoms with Crippen LogP contribution in [0.2, 0.25) is 0 Å². The molecule has 176 valence electrons. The van der Waals surface area contributed by atoms with Crippen LogP contribution in [0.1, 0.15) is 17.5 Å². The summed E-state index contributed by atoms with van der Waals surface area (Å²) in [6, 6.07) is 13.1. The van der Waals surface area contributed by atoms with E-state index in [0.717, 1.165) is 30.6 Å². The van der Waals surface area contributed by atoms with Gasteiger partial charge in [-0.25, -0.2) is 0 Å². The summed E-state index contributed by atoms with van der Waals surface area (Å²) in [5, 5.41) is 24.7. The molecule has 0 radical (unpaired) electrons. The summed E-state index contributed by atoms with van der Waals surface area (Å²) < 4.78 is 0. The van der Waals surface area contributed by atoms with Gasteiger partial charge in [0.2, 0.25) is 11.8 Å². The number of benzene rings is 2. The molecule has 33 heavy (non-hydrogen) atoms. The molecule has 0 aromatic heterocycles. The zero-order chi connectivity index (χ0) is 23.9. The van der Waals surface area contributed by atoms with Crippen LogP contribution >= 0.6 is 0 Å². The number of carbonyl (C=O) groups excluding carboxylic acids is 2. The molecule has 8 heteroatoms. The lowest BCUT2D eigenvalue weighted by Crippen LogP contribution is -2.39. The van der Waals surface area contributed by atoms with Crippen LogP contribution in [0.25, 0.3) is 12.2 Å². The molecule has 0 fully saturated rings. The summed E-state index contributed by atoms with van der Waals surface area (Å²) in [6.07, 6.45) is 7.02. The van der Waals surface area contributed by atoms with Crippen molar-refractivity contribution in [2.45, 2.75) is 6.42 Å². The fraction of sp³-hybridized carbons (Fsp3) is 0.280. The maximum atomic E-state index is 12.7. The molecule has 0 saturated carbocycles. The Morgan fingerprint density at radius 2 is 1.39 bits per heavy atom. The topological polar surface area (TPSA) is 128 Å². The van der Waals surface area contributed by atoms with Crippen molar-refractivity contribution in [1.29, 1.82) is 0 Å². The molecule has 0 spiro atoms. The second kappa shape index (κ2) is 14.4. The highest BCUT2D eigenvalue weighted by Crippen LogP contribution is 2.11. The molecule has 2 aromatic carbocycles. The fourth-order valence-electron chi connectivity index (χ4n) is 2.94. The van der Waals surface area contributed by atoms with Crippen molar-refractivity contribution in [3.8, 4) is 11.5 Å². The third-order valence-electron chi connectivity index (χ3n) is 4.73. The first kappa shape index (κ1) is 25.6. The molecule has 0 aliphatic rings. The Labute approximate surface area is 194 Å². The Bertz CT molecular complexity index is 924. The number of phenols is 2. The Morgan fingerprint density at radius 3 is 1.97 bits per heavy atom.